The molecule has 0 fully saturated rings. The van der Waals surface area contributed by atoms with Gasteiger partial charge in [0.2, 0.25) is 5.91 Å². The highest BCUT2D eigenvalue weighted by Gasteiger charge is 2.28. The SMILES string of the molecule is CCCC[C@H](NC(=O)N[C@@H](CC(=O)O)c1cc(OC)cc(OC)c1)C(=O)N(Cc1cccs1)Cc1cccs1. The summed E-state index contributed by atoms with van der Waals surface area (Å²) in [4.78, 5) is 42.5. The molecule has 2 aromatic heterocycles. The highest BCUT2D eigenvalue weighted by Crippen LogP contribution is 2.28. The molecule has 0 aliphatic carbocycles. The van der Waals surface area contributed by atoms with Gasteiger partial charge in [-0.1, -0.05) is 31.9 Å². The molecular weight excluding hydrogens is 538 g/mol. The summed E-state index contributed by atoms with van der Waals surface area (Å²) < 4.78 is 10.6. The molecule has 11 heteroatoms. The van der Waals surface area contributed by atoms with Crippen LogP contribution in [0.4, 0.5) is 4.79 Å². The third kappa shape index (κ3) is 9.29. The van der Waals surface area contributed by atoms with Gasteiger partial charge in [0, 0.05) is 15.8 Å². The van der Waals surface area contributed by atoms with Crippen molar-refractivity contribution < 1.29 is 29.0 Å². The van der Waals surface area contributed by atoms with Crippen LogP contribution in [0.1, 0.15) is 54.0 Å². The first-order valence-electron chi connectivity index (χ1n) is 12.7. The smallest absolute Gasteiger partial charge is 0.315 e. The third-order valence-electron chi connectivity index (χ3n) is 6.08. The number of thiophene rings is 2. The fourth-order valence-corrected chi connectivity index (χ4v) is 5.53. The molecule has 0 aliphatic heterocycles. The molecule has 3 N–H and O–H groups in total. The van der Waals surface area contributed by atoms with Crippen molar-refractivity contribution in [3.8, 4) is 11.5 Å². The van der Waals surface area contributed by atoms with E-state index in [4.69, 9.17) is 9.47 Å². The first-order valence-corrected chi connectivity index (χ1v) is 14.4. The first kappa shape index (κ1) is 30.0. The number of unbranched alkanes of at least 4 members (excludes halogenated alkanes) is 1. The molecule has 1 aromatic carbocycles. The summed E-state index contributed by atoms with van der Waals surface area (Å²) >= 11 is 3.15. The number of carboxylic acid groups (broad SMARTS) is 1. The molecule has 0 radical (unpaired) electrons. The van der Waals surface area contributed by atoms with Gasteiger partial charge < -0.3 is 30.1 Å². The van der Waals surface area contributed by atoms with Gasteiger partial charge in [-0.2, -0.15) is 0 Å². The van der Waals surface area contributed by atoms with E-state index in [-0.39, 0.29) is 12.3 Å². The summed E-state index contributed by atoms with van der Waals surface area (Å²) in [5.41, 5.74) is 0.511. The summed E-state index contributed by atoms with van der Waals surface area (Å²) in [6.45, 7) is 2.90. The topological polar surface area (TPSA) is 117 Å². The lowest BCUT2D eigenvalue weighted by Crippen LogP contribution is -2.51. The zero-order valence-corrected chi connectivity index (χ0v) is 24.0. The number of benzene rings is 1. The number of carboxylic acids is 1. The van der Waals surface area contributed by atoms with Crippen molar-refractivity contribution in [1.29, 1.82) is 0 Å². The van der Waals surface area contributed by atoms with E-state index in [2.05, 4.69) is 10.6 Å². The molecule has 0 unspecified atom stereocenters. The minimum Gasteiger partial charge on any atom is -0.497 e. The second-order valence-electron chi connectivity index (χ2n) is 8.96. The van der Waals surface area contributed by atoms with E-state index in [1.807, 2.05) is 41.9 Å². The Morgan fingerprint density at radius 1 is 0.949 bits per heavy atom. The maximum atomic E-state index is 13.8. The Bertz CT molecular complexity index is 1140. The van der Waals surface area contributed by atoms with Crippen molar-refractivity contribution in [3.05, 3.63) is 68.5 Å². The highest BCUT2D eigenvalue weighted by molar-refractivity contribution is 7.10. The maximum Gasteiger partial charge on any atom is 0.315 e. The van der Waals surface area contributed by atoms with E-state index in [1.54, 1.807) is 45.8 Å². The van der Waals surface area contributed by atoms with E-state index in [9.17, 15) is 19.5 Å². The molecule has 210 valence electrons. The van der Waals surface area contributed by atoms with Crippen molar-refractivity contribution in [1.82, 2.24) is 15.5 Å². The molecule has 39 heavy (non-hydrogen) atoms. The minimum absolute atomic E-state index is 0.182. The van der Waals surface area contributed by atoms with Crippen molar-refractivity contribution in [2.24, 2.45) is 0 Å². The summed E-state index contributed by atoms with van der Waals surface area (Å²) in [7, 11) is 2.99. The normalized spacial score (nSPS) is 12.3. The fourth-order valence-electron chi connectivity index (χ4n) is 4.09. The molecule has 3 amide bonds. The van der Waals surface area contributed by atoms with Crippen LogP contribution >= 0.6 is 22.7 Å². The Balaban J connectivity index is 1.80. The Morgan fingerprint density at radius 2 is 1.54 bits per heavy atom. The van der Waals surface area contributed by atoms with E-state index >= 15 is 0 Å². The lowest BCUT2D eigenvalue weighted by atomic mass is 10.0. The number of nitrogens with one attached hydrogen (secondary N) is 2. The van der Waals surface area contributed by atoms with Gasteiger partial charge in [-0.25, -0.2) is 4.79 Å². The van der Waals surface area contributed by atoms with Gasteiger partial charge in [0.05, 0.1) is 39.8 Å². The quantitative estimate of drug-likeness (QED) is 0.223. The molecule has 3 rings (SSSR count). The number of hydrogen-bond donors (Lipinski definition) is 3. The average Bonchev–Trinajstić information content (AvgIpc) is 3.64. The predicted molar refractivity (Wildman–Crippen MR) is 152 cm³/mol. The molecule has 0 saturated heterocycles. The number of carbonyl (C=O) groups excluding carboxylic acids is 2. The van der Waals surface area contributed by atoms with E-state index < -0.39 is 24.1 Å². The lowest BCUT2D eigenvalue weighted by molar-refractivity contribution is -0.137. The number of hydrogen-bond acceptors (Lipinski definition) is 7. The Morgan fingerprint density at radius 3 is 2.00 bits per heavy atom. The molecule has 2 atom stereocenters. The van der Waals surface area contributed by atoms with Crippen LogP contribution in [0.25, 0.3) is 0 Å². The number of rotatable bonds is 15. The van der Waals surface area contributed by atoms with Crippen LogP contribution in [0.15, 0.2) is 53.2 Å². The van der Waals surface area contributed by atoms with Crippen LogP contribution in [0, 0.1) is 0 Å². The van der Waals surface area contributed by atoms with Gasteiger partial charge in [-0.15, -0.1) is 22.7 Å². The summed E-state index contributed by atoms with van der Waals surface area (Å²) in [6, 6.07) is 10.6. The van der Waals surface area contributed by atoms with Gasteiger partial charge in [0.1, 0.15) is 17.5 Å². The van der Waals surface area contributed by atoms with Crippen LogP contribution in [0.5, 0.6) is 11.5 Å². The number of aliphatic carboxylic acids is 1. The Kier molecular flexibility index (Phi) is 11.6. The molecule has 9 nitrogen and oxygen atoms in total. The van der Waals surface area contributed by atoms with Crippen LogP contribution in [0.2, 0.25) is 0 Å². The van der Waals surface area contributed by atoms with Gasteiger partial charge in [0.25, 0.3) is 0 Å². The zero-order chi connectivity index (χ0) is 28.2. The number of carbonyl (C=O) groups is 3. The maximum absolute atomic E-state index is 13.8. The Hall–Kier alpha value is -3.57. The van der Waals surface area contributed by atoms with Crippen LogP contribution in [-0.2, 0) is 22.7 Å². The summed E-state index contributed by atoms with van der Waals surface area (Å²) in [5.74, 6) is -0.330. The molecule has 0 saturated carbocycles. The number of methoxy groups -OCH3 is 2. The second kappa shape index (κ2) is 15.1. The molecular formula is C28H35N3O6S2. The summed E-state index contributed by atoms with van der Waals surface area (Å²) in [5, 5.41) is 19.0. The Labute approximate surface area is 236 Å². The standard InChI is InChI=1S/C28H35N3O6S2/c1-4-5-10-24(27(34)31(17-22-8-6-11-38-22)18-23-9-7-12-39-23)29-28(35)30-25(16-26(32)33)19-13-20(36-2)15-21(14-19)37-3/h6-9,11-15,24-25H,4-5,10,16-18H2,1-3H3,(H,32,33)(H2,29,30,35)/t24-,25-/m0/s1. The van der Waals surface area contributed by atoms with Gasteiger partial charge >= 0.3 is 12.0 Å². The molecule has 2 heterocycles. The molecule has 0 spiro atoms. The zero-order valence-electron chi connectivity index (χ0n) is 22.3. The van der Waals surface area contributed by atoms with Gasteiger partial charge in [0.15, 0.2) is 0 Å². The molecule has 3 aromatic rings. The van der Waals surface area contributed by atoms with Gasteiger partial charge in [-0.05, 0) is 47.0 Å². The van der Waals surface area contributed by atoms with Crippen molar-refractivity contribution >= 4 is 40.6 Å². The average molecular weight is 574 g/mol. The second-order valence-corrected chi connectivity index (χ2v) is 11.0. The monoisotopic (exact) mass is 573 g/mol. The van der Waals surface area contributed by atoms with E-state index in [1.165, 1.54) is 14.2 Å². The first-order chi connectivity index (χ1) is 18.8. The van der Waals surface area contributed by atoms with Crippen LogP contribution < -0.4 is 20.1 Å². The fraction of sp³-hybridized carbons (Fsp3) is 0.393. The van der Waals surface area contributed by atoms with Gasteiger partial charge in [-0.3, -0.25) is 9.59 Å². The van der Waals surface area contributed by atoms with Crippen LogP contribution in [-0.4, -0.2) is 48.2 Å². The predicted octanol–water partition coefficient (Wildman–Crippen LogP) is 5.43. The minimum atomic E-state index is -1.08. The third-order valence-corrected chi connectivity index (χ3v) is 7.80. The lowest BCUT2D eigenvalue weighted by Gasteiger charge is -2.28. The molecule has 0 bridgehead atoms. The number of urea groups is 1. The van der Waals surface area contributed by atoms with Crippen molar-refractivity contribution in [2.75, 3.05) is 14.2 Å². The largest absolute Gasteiger partial charge is 0.497 e. The molecule has 0 aliphatic rings. The number of nitrogens with zero attached hydrogens (tertiary/aromatic N) is 1. The number of ether oxygens (including phenoxy) is 2. The number of amides is 3. The van der Waals surface area contributed by atoms with Crippen LogP contribution in [0.3, 0.4) is 0 Å². The van der Waals surface area contributed by atoms with Crippen molar-refractivity contribution in [2.45, 2.75) is 57.8 Å². The highest BCUT2D eigenvalue weighted by atomic mass is 32.1. The van der Waals surface area contributed by atoms with Crippen molar-refractivity contribution in [3.63, 3.8) is 0 Å². The van der Waals surface area contributed by atoms with E-state index in [0.29, 0.717) is 36.6 Å². The summed E-state index contributed by atoms with van der Waals surface area (Å²) in [6.07, 6.45) is 1.70. The van der Waals surface area contributed by atoms with E-state index in [0.717, 1.165) is 22.6 Å².